The Labute approximate surface area is 143 Å². The molecule has 1 saturated heterocycles. The molecule has 1 aromatic rings. The van der Waals surface area contributed by atoms with E-state index in [1.54, 1.807) is 0 Å². The minimum atomic E-state index is 0.612. The summed E-state index contributed by atoms with van der Waals surface area (Å²) in [6, 6.07) is 6.91. The Balaban J connectivity index is 2.12. The van der Waals surface area contributed by atoms with Gasteiger partial charge in [0.15, 0.2) is 0 Å². The molecule has 1 aromatic carbocycles. The maximum absolute atomic E-state index is 5.74. The molecule has 1 fully saturated rings. The molecule has 0 saturated carbocycles. The van der Waals surface area contributed by atoms with Gasteiger partial charge in [-0.3, -0.25) is 4.90 Å². The largest absolute Gasteiger partial charge is 0.379 e. The predicted molar refractivity (Wildman–Crippen MR) is 94.7 cm³/mol. The standard InChI is InChI=1S/C18H28BrNO2/c1-3-15(2)16-4-5-17(14-22-9-6-19)18(12-16)13-20-7-10-21-11-8-20/h4-5,12,15H,3,6-11,13-14H2,1-2H3. The van der Waals surface area contributed by atoms with Crippen LogP contribution in [0.25, 0.3) is 0 Å². The maximum Gasteiger partial charge on any atom is 0.0720 e. The third-order valence-corrected chi connectivity index (χ3v) is 4.71. The second kappa shape index (κ2) is 9.66. The van der Waals surface area contributed by atoms with Crippen LogP contribution < -0.4 is 0 Å². The Morgan fingerprint density at radius 3 is 2.73 bits per heavy atom. The number of benzene rings is 1. The van der Waals surface area contributed by atoms with Crippen LogP contribution >= 0.6 is 15.9 Å². The molecular formula is C18H28BrNO2. The zero-order valence-corrected chi connectivity index (χ0v) is 15.4. The fraction of sp³-hybridized carbons (Fsp3) is 0.667. The lowest BCUT2D eigenvalue weighted by Crippen LogP contribution is -2.36. The van der Waals surface area contributed by atoms with Crippen LogP contribution in [-0.4, -0.2) is 43.1 Å². The molecular weight excluding hydrogens is 342 g/mol. The first-order valence-corrected chi connectivity index (χ1v) is 9.42. The molecule has 0 amide bonds. The Morgan fingerprint density at radius 1 is 1.27 bits per heavy atom. The third kappa shape index (κ3) is 5.34. The summed E-state index contributed by atoms with van der Waals surface area (Å²) in [5.41, 5.74) is 4.17. The van der Waals surface area contributed by atoms with Crippen molar-refractivity contribution in [2.24, 2.45) is 0 Å². The minimum Gasteiger partial charge on any atom is -0.379 e. The summed E-state index contributed by atoms with van der Waals surface area (Å²) in [4.78, 5) is 2.48. The van der Waals surface area contributed by atoms with Gasteiger partial charge in [0.1, 0.15) is 0 Å². The van der Waals surface area contributed by atoms with Crippen LogP contribution in [0.15, 0.2) is 18.2 Å². The first-order valence-electron chi connectivity index (χ1n) is 8.30. The summed E-state index contributed by atoms with van der Waals surface area (Å²) in [5.74, 6) is 0.612. The van der Waals surface area contributed by atoms with Crippen LogP contribution in [0.1, 0.15) is 42.9 Å². The Kier molecular flexibility index (Phi) is 7.87. The summed E-state index contributed by atoms with van der Waals surface area (Å²) in [5, 5.41) is 0.886. The van der Waals surface area contributed by atoms with Crippen LogP contribution in [-0.2, 0) is 22.6 Å². The normalized spacial score (nSPS) is 17.6. The van der Waals surface area contributed by atoms with Gasteiger partial charge in [0.05, 0.1) is 26.4 Å². The third-order valence-electron chi connectivity index (χ3n) is 4.39. The summed E-state index contributed by atoms with van der Waals surface area (Å²) in [6.45, 7) is 10.7. The number of hydrogen-bond acceptors (Lipinski definition) is 3. The van der Waals surface area contributed by atoms with E-state index in [1.165, 1.54) is 23.1 Å². The van der Waals surface area contributed by atoms with Gasteiger partial charge < -0.3 is 9.47 Å². The van der Waals surface area contributed by atoms with Crippen molar-refractivity contribution in [2.75, 3.05) is 38.2 Å². The number of ether oxygens (including phenoxy) is 2. The fourth-order valence-electron chi connectivity index (χ4n) is 2.71. The predicted octanol–water partition coefficient (Wildman–Crippen LogP) is 3.94. The van der Waals surface area contributed by atoms with Gasteiger partial charge in [-0.1, -0.05) is 48.0 Å². The van der Waals surface area contributed by atoms with Crippen molar-refractivity contribution in [1.29, 1.82) is 0 Å². The molecule has 2 rings (SSSR count). The van der Waals surface area contributed by atoms with E-state index in [9.17, 15) is 0 Å². The van der Waals surface area contributed by atoms with Crippen LogP contribution in [0.2, 0.25) is 0 Å². The van der Waals surface area contributed by atoms with E-state index in [2.05, 4.69) is 52.9 Å². The molecule has 124 valence electrons. The van der Waals surface area contributed by atoms with Crippen molar-refractivity contribution in [3.05, 3.63) is 34.9 Å². The van der Waals surface area contributed by atoms with E-state index in [4.69, 9.17) is 9.47 Å². The summed E-state index contributed by atoms with van der Waals surface area (Å²) in [7, 11) is 0. The van der Waals surface area contributed by atoms with Gasteiger partial charge in [0.25, 0.3) is 0 Å². The van der Waals surface area contributed by atoms with Gasteiger partial charge in [-0.05, 0) is 29.0 Å². The average Bonchev–Trinajstić information content (AvgIpc) is 2.56. The van der Waals surface area contributed by atoms with E-state index < -0.39 is 0 Å². The lowest BCUT2D eigenvalue weighted by molar-refractivity contribution is 0.0337. The number of halogens is 1. The van der Waals surface area contributed by atoms with Crippen LogP contribution in [0, 0.1) is 0 Å². The van der Waals surface area contributed by atoms with Gasteiger partial charge in [-0.2, -0.15) is 0 Å². The van der Waals surface area contributed by atoms with Crippen molar-refractivity contribution in [3.63, 3.8) is 0 Å². The molecule has 1 atom stereocenters. The zero-order chi connectivity index (χ0) is 15.8. The Morgan fingerprint density at radius 2 is 2.05 bits per heavy atom. The van der Waals surface area contributed by atoms with Gasteiger partial charge >= 0.3 is 0 Å². The second-order valence-electron chi connectivity index (χ2n) is 5.97. The maximum atomic E-state index is 5.74. The molecule has 4 heteroatoms. The van der Waals surface area contributed by atoms with Crippen molar-refractivity contribution < 1.29 is 9.47 Å². The Bertz CT molecular complexity index is 447. The van der Waals surface area contributed by atoms with Crippen molar-refractivity contribution in [3.8, 4) is 0 Å². The van der Waals surface area contributed by atoms with E-state index in [0.29, 0.717) is 12.5 Å². The van der Waals surface area contributed by atoms with E-state index in [0.717, 1.165) is 44.8 Å². The summed E-state index contributed by atoms with van der Waals surface area (Å²) in [6.07, 6.45) is 1.18. The van der Waals surface area contributed by atoms with Crippen molar-refractivity contribution in [2.45, 2.75) is 39.3 Å². The highest BCUT2D eigenvalue weighted by molar-refractivity contribution is 9.09. The first kappa shape index (κ1) is 17.9. The van der Waals surface area contributed by atoms with Gasteiger partial charge in [0, 0.05) is 25.0 Å². The van der Waals surface area contributed by atoms with E-state index in [-0.39, 0.29) is 0 Å². The molecule has 0 radical (unpaired) electrons. The molecule has 0 aliphatic carbocycles. The highest BCUT2D eigenvalue weighted by Gasteiger charge is 2.14. The SMILES string of the molecule is CCC(C)c1ccc(COCCBr)c(CN2CCOCC2)c1. The van der Waals surface area contributed by atoms with E-state index >= 15 is 0 Å². The number of hydrogen-bond donors (Lipinski definition) is 0. The molecule has 0 N–H and O–H groups in total. The topological polar surface area (TPSA) is 21.7 Å². The first-order chi connectivity index (χ1) is 10.7. The van der Waals surface area contributed by atoms with Crippen LogP contribution in [0.4, 0.5) is 0 Å². The number of morpholine rings is 1. The second-order valence-corrected chi connectivity index (χ2v) is 6.76. The summed E-state index contributed by atoms with van der Waals surface area (Å²) >= 11 is 3.41. The molecule has 1 unspecified atom stereocenters. The minimum absolute atomic E-state index is 0.612. The van der Waals surface area contributed by atoms with Crippen LogP contribution in [0.3, 0.4) is 0 Å². The molecule has 1 heterocycles. The van der Waals surface area contributed by atoms with Crippen molar-refractivity contribution in [1.82, 2.24) is 4.90 Å². The lowest BCUT2D eigenvalue weighted by atomic mass is 9.94. The molecule has 0 bridgehead atoms. The van der Waals surface area contributed by atoms with Crippen LogP contribution in [0.5, 0.6) is 0 Å². The monoisotopic (exact) mass is 369 g/mol. The highest BCUT2D eigenvalue weighted by atomic mass is 79.9. The zero-order valence-electron chi connectivity index (χ0n) is 13.8. The number of alkyl halides is 1. The lowest BCUT2D eigenvalue weighted by Gasteiger charge is -2.28. The van der Waals surface area contributed by atoms with Crippen molar-refractivity contribution >= 4 is 15.9 Å². The smallest absolute Gasteiger partial charge is 0.0720 e. The van der Waals surface area contributed by atoms with Gasteiger partial charge in [-0.25, -0.2) is 0 Å². The van der Waals surface area contributed by atoms with Gasteiger partial charge in [-0.15, -0.1) is 0 Å². The molecule has 3 nitrogen and oxygen atoms in total. The quantitative estimate of drug-likeness (QED) is 0.511. The molecule has 1 aliphatic heterocycles. The Hall–Kier alpha value is -0.420. The van der Waals surface area contributed by atoms with E-state index in [1.807, 2.05) is 0 Å². The average molecular weight is 370 g/mol. The highest BCUT2D eigenvalue weighted by Crippen LogP contribution is 2.23. The van der Waals surface area contributed by atoms with Gasteiger partial charge in [0.2, 0.25) is 0 Å². The molecule has 0 aromatic heterocycles. The molecule has 1 aliphatic rings. The fourth-order valence-corrected chi connectivity index (χ4v) is 2.94. The summed E-state index contributed by atoms with van der Waals surface area (Å²) < 4.78 is 11.2. The number of nitrogens with zero attached hydrogens (tertiary/aromatic N) is 1. The number of rotatable bonds is 8. The molecule has 22 heavy (non-hydrogen) atoms. The molecule has 0 spiro atoms.